The van der Waals surface area contributed by atoms with Crippen LogP contribution in [0.25, 0.3) is 0 Å². The highest BCUT2D eigenvalue weighted by molar-refractivity contribution is 7.94. The summed E-state index contributed by atoms with van der Waals surface area (Å²) >= 11 is 0. The number of sulfone groups is 1. The molecule has 0 radical (unpaired) electrons. The molecule has 1 fully saturated rings. The highest BCUT2D eigenvalue weighted by Gasteiger charge is 2.45. The average Bonchev–Trinajstić information content (AvgIpc) is 2.66. The zero-order valence-corrected chi connectivity index (χ0v) is 16.4. The Morgan fingerprint density at radius 1 is 1.11 bits per heavy atom. The fourth-order valence-electron chi connectivity index (χ4n) is 3.57. The van der Waals surface area contributed by atoms with Crippen molar-refractivity contribution in [1.82, 2.24) is 0 Å². The fraction of sp³-hybridized carbons (Fsp3) is 0.318. The van der Waals surface area contributed by atoms with Crippen LogP contribution in [-0.4, -0.2) is 20.5 Å². The largest absolute Gasteiger partial charge is 0.459 e. The fourth-order valence-corrected chi connectivity index (χ4v) is 4.75. The van der Waals surface area contributed by atoms with Gasteiger partial charge in [0, 0.05) is 11.3 Å². The summed E-state index contributed by atoms with van der Waals surface area (Å²) in [5.74, 6) is -0.259. The van der Waals surface area contributed by atoms with E-state index in [-0.39, 0.29) is 28.3 Å². The third-order valence-corrected chi connectivity index (χ3v) is 6.83. The van der Waals surface area contributed by atoms with E-state index in [1.165, 1.54) is 5.41 Å². The molecule has 4 nitrogen and oxygen atoms in total. The van der Waals surface area contributed by atoms with E-state index in [0.29, 0.717) is 5.56 Å². The summed E-state index contributed by atoms with van der Waals surface area (Å²) in [7, 11) is -3.47. The van der Waals surface area contributed by atoms with Gasteiger partial charge in [-0.05, 0) is 49.4 Å². The lowest BCUT2D eigenvalue weighted by Crippen LogP contribution is -2.44. The van der Waals surface area contributed by atoms with Crippen molar-refractivity contribution in [3.8, 4) is 0 Å². The first kappa shape index (κ1) is 19.4. The Morgan fingerprint density at radius 3 is 2.26 bits per heavy atom. The van der Waals surface area contributed by atoms with E-state index in [0.717, 1.165) is 12.8 Å². The Labute approximate surface area is 160 Å². The molecule has 0 amide bonds. The summed E-state index contributed by atoms with van der Waals surface area (Å²) in [5, 5.41) is 1.29. The molecule has 0 heterocycles. The molecule has 2 aromatic rings. The normalized spacial score (nSPS) is 23.6. The molecule has 0 saturated heterocycles. The standard InChI is InChI=1S/C22H24O4S/c1-17(26-21(23)18-9-5-3-6-10-18)20-13-14-22(20,2)15-16-27(24,25)19-11-7-4-8-12-19/h3-12,15-17,20H,13-14H2,1-2H3/b16-15+/t17-,20+,22-/m1/s1. The molecule has 2 aromatic carbocycles. The highest BCUT2D eigenvalue weighted by Crippen LogP contribution is 2.50. The van der Waals surface area contributed by atoms with E-state index >= 15 is 0 Å². The van der Waals surface area contributed by atoms with Crippen molar-refractivity contribution in [2.75, 3.05) is 0 Å². The molecule has 1 aliphatic carbocycles. The second-order valence-electron chi connectivity index (χ2n) is 7.29. The molecule has 5 heteroatoms. The van der Waals surface area contributed by atoms with Crippen molar-refractivity contribution in [3.63, 3.8) is 0 Å². The van der Waals surface area contributed by atoms with Crippen LogP contribution in [0.1, 0.15) is 37.0 Å². The quantitative estimate of drug-likeness (QED) is 0.681. The minimum absolute atomic E-state index is 0.0902. The van der Waals surface area contributed by atoms with Gasteiger partial charge in [0.1, 0.15) is 6.10 Å². The summed E-state index contributed by atoms with van der Waals surface area (Å²) in [6.45, 7) is 3.90. The Balaban J connectivity index is 1.69. The Morgan fingerprint density at radius 2 is 1.70 bits per heavy atom. The zero-order valence-electron chi connectivity index (χ0n) is 15.5. The second kappa shape index (κ2) is 7.69. The van der Waals surface area contributed by atoms with Gasteiger partial charge in [-0.25, -0.2) is 13.2 Å². The second-order valence-corrected chi connectivity index (χ2v) is 9.12. The molecule has 0 spiro atoms. The molecular weight excluding hydrogens is 360 g/mol. The Hall–Kier alpha value is -2.40. The van der Waals surface area contributed by atoms with Crippen molar-refractivity contribution in [3.05, 3.63) is 77.7 Å². The van der Waals surface area contributed by atoms with Crippen LogP contribution in [0.2, 0.25) is 0 Å². The number of rotatable bonds is 6. The average molecular weight is 384 g/mol. The molecule has 3 rings (SSSR count). The summed E-state index contributed by atoms with van der Waals surface area (Å²) in [5.41, 5.74) is 0.214. The third-order valence-electron chi connectivity index (χ3n) is 5.41. The van der Waals surface area contributed by atoms with Crippen LogP contribution in [0.3, 0.4) is 0 Å². The molecule has 0 aromatic heterocycles. The molecule has 3 atom stereocenters. The third kappa shape index (κ3) is 4.30. The molecule has 142 valence electrons. The highest BCUT2D eigenvalue weighted by atomic mass is 32.2. The summed E-state index contributed by atoms with van der Waals surface area (Å²) in [6, 6.07) is 17.3. The lowest BCUT2D eigenvalue weighted by atomic mass is 9.59. The molecule has 1 aliphatic rings. The van der Waals surface area contributed by atoms with Crippen molar-refractivity contribution in [1.29, 1.82) is 0 Å². The minimum Gasteiger partial charge on any atom is -0.459 e. The van der Waals surface area contributed by atoms with E-state index in [1.54, 1.807) is 60.7 Å². The molecule has 1 saturated carbocycles. The zero-order chi connectivity index (χ0) is 19.5. The van der Waals surface area contributed by atoms with E-state index < -0.39 is 9.84 Å². The maximum absolute atomic E-state index is 12.5. The van der Waals surface area contributed by atoms with Crippen molar-refractivity contribution >= 4 is 15.8 Å². The van der Waals surface area contributed by atoms with E-state index in [1.807, 2.05) is 19.9 Å². The van der Waals surface area contributed by atoms with Gasteiger partial charge >= 0.3 is 5.97 Å². The summed E-state index contributed by atoms with van der Waals surface area (Å²) in [4.78, 5) is 12.6. The first-order valence-corrected chi connectivity index (χ1v) is 10.6. The SMILES string of the molecule is C[C@@H](OC(=O)c1ccccc1)[C@@H]1CC[C@]1(C)/C=C/S(=O)(=O)c1ccccc1. The van der Waals surface area contributed by atoms with Gasteiger partial charge in [-0.1, -0.05) is 49.4 Å². The molecule has 0 N–H and O–H groups in total. The number of esters is 1. The molecular formula is C22H24O4S. The van der Waals surface area contributed by atoms with Crippen LogP contribution in [0.4, 0.5) is 0 Å². The van der Waals surface area contributed by atoms with Gasteiger partial charge in [-0.15, -0.1) is 0 Å². The van der Waals surface area contributed by atoms with Crippen LogP contribution in [-0.2, 0) is 14.6 Å². The van der Waals surface area contributed by atoms with E-state index in [9.17, 15) is 13.2 Å². The number of ether oxygens (including phenoxy) is 1. The number of hydrogen-bond acceptors (Lipinski definition) is 4. The maximum atomic E-state index is 12.5. The minimum atomic E-state index is -3.47. The topological polar surface area (TPSA) is 60.4 Å². The first-order chi connectivity index (χ1) is 12.8. The predicted molar refractivity (Wildman–Crippen MR) is 105 cm³/mol. The van der Waals surface area contributed by atoms with Crippen LogP contribution < -0.4 is 0 Å². The number of hydrogen-bond donors (Lipinski definition) is 0. The van der Waals surface area contributed by atoms with Gasteiger partial charge in [0.15, 0.2) is 9.84 Å². The number of carbonyl (C=O) groups excluding carboxylic acids is 1. The summed E-state index contributed by atoms with van der Waals surface area (Å²) in [6.07, 6.45) is 3.23. The van der Waals surface area contributed by atoms with Crippen molar-refractivity contribution in [2.45, 2.75) is 37.7 Å². The molecule has 27 heavy (non-hydrogen) atoms. The molecule has 0 bridgehead atoms. The lowest BCUT2D eigenvalue weighted by Gasteiger charge is -2.47. The van der Waals surface area contributed by atoms with Gasteiger partial charge in [-0.2, -0.15) is 0 Å². The van der Waals surface area contributed by atoms with Crippen molar-refractivity contribution in [2.24, 2.45) is 11.3 Å². The van der Waals surface area contributed by atoms with Crippen LogP contribution >= 0.6 is 0 Å². The smallest absolute Gasteiger partial charge is 0.338 e. The van der Waals surface area contributed by atoms with Crippen LogP contribution in [0.5, 0.6) is 0 Å². The van der Waals surface area contributed by atoms with Gasteiger partial charge in [0.05, 0.1) is 10.5 Å². The van der Waals surface area contributed by atoms with Gasteiger partial charge in [0.25, 0.3) is 0 Å². The Bertz CT molecular complexity index is 919. The Kier molecular flexibility index (Phi) is 5.51. The van der Waals surface area contributed by atoms with Crippen molar-refractivity contribution < 1.29 is 17.9 Å². The first-order valence-electron chi connectivity index (χ1n) is 9.07. The monoisotopic (exact) mass is 384 g/mol. The predicted octanol–water partition coefficient (Wildman–Crippen LogP) is 4.64. The number of allylic oxidation sites excluding steroid dienone is 1. The maximum Gasteiger partial charge on any atom is 0.338 e. The van der Waals surface area contributed by atoms with Gasteiger partial charge < -0.3 is 4.74 Å². The van der Waals surface area contributed by atoms with E-state index in [4.69, 9.17) is 4.74 Å². The summed E-state index contributed by atoms with van der Waals surface area (Å²) < 4.78 is 30.6. The number of benzene rings is 2. The van der Waals surface area contributed by atoms with Gasteiger partial charge in [0.2, 0.25) is 0 Å². The lowest BCUT2D eigenvalue weighted by molar-refractivity contribution is -0.0353. The van der Waals surface area contributed by atoms with Gasteiger partial charge in [-0.3, -0.25) is 0 Å². The molecule has 0 aliphatic heterocycles. The number of carbonyl (C=O) groups is 1. The van der Waals surface area contributed by atoms with Crippen LogP contribution in [0.15, 0.2) is 77.0 Å². The van der Waals surface area contributed by atoms with Crippen LogP contribution in [0, 0.1) is 11.3 Å². The van der Waals surface area contributed by atoms with E-state index in [2.05, 4.69) is 0 Å². The molecule has 0 unspecified atom stereocenters.